The minimum atomic E-state index is -4.45. The molecule has 0 bridgehead atoms. The lowest BCUT2D eigenvalue weighted by Gasteiger charge is -2.08. The number of fused-ring (bicyclic) bond motifs is 2. The Kier molecular flexibility index (Phi) is 4.37. The minimum Gasteiger partial charge on any atom is -0.319 e. The van der Waals surface area contributed by atoms with Crippen LogP contribution in [0.3, 0.4) is 0 Å². The largest absolute Gasteiger partial charge is 0.416 e. The van der Waals surface area contributed by atoms with Crippen molar-refractivity contribution >= 4 is 32.7 Å². The van der Waals surface area contributed by atoms with Crippen LogP contribution in [0, 0.1) is 0 Å². The first-order valence-electron chi connectivity index (χ1n) is 8.85. The summed E-state index contributed by atoms with van der Waals surface area (Å²) in [6.45, 7) is 4.02. The number of halogens is 3. The second-order valence-corrected chi connectivity index (χ2v) is 7.47. The maximum atomic E-state index is 13.0. The molecule has 0 atom stereocenters. The molecule has 1 aromatic carbocycles. The molecule has 4 rings (SSSR count). The first-order chi connectivity index (χ1) is 13.7. The van der Waals surface area contributed by atoms with Crippen LogP contribution in [0.5, 0.6) is 0 Å². The summed E-state index contributed by atoms with van der Waals surface area (Å²) in [5.74, 6) is 0.322. The van der Waals surface area contributed by atoms with Crippen molar-refractivity contribution in [2.75, 3.05) is 0 Å². The molecule has 29 heavy (non-hydrogen) atoms. The van der Waals surface area contributed by atoms with Crippen LogP contribution in [-0.4, -0.2) is 23.7 Å². The fourth-order valence-electron chi connectivity index (χ4n) is 3.31. The highest BCUT2D eigenvalue weighted by Crippen LogP contribution is 2.35. The molecule has 0 spiro atoms. The SMILES string of the molecule is CCn1c(=O)c2c(nc(-c3nc4ccc(C(F)(F)F)cc4s3)n2C)n(CC)c1=O. The molecule has 3 aromatic heterocycles. The van der Waals surface area contributed by atoms with E-state index in [-0.39, 0.29) is 17.7 Å². The third-order valence-corrected chi connectivity index (χ3v) is 5.80. The van der Waals surface area contributed by atoms with Gasteiger partial charge in [0.05, 0.1) is 15.8 Å². The number of aromatic nitrogens is 5. The van der Waals surface area contributed by atoms with E-state index >= 15 is 0 Å². The van der Waals surface area contributed by atoms with Crippen molar-refractivity contribution in [2.45, 2.75) is 33.1 Å². The highest BCUT2D eigenvalue weighted by atomic mass is 32.1. The first-order valence-corrected chi connectivity index (χ1v) is 9.67. The number of thiazole rings is 1. The Morgan fingerprint density at radius 2 is 1.76 bits per heavy atom. The Labute approximate surface area is 165 Å². The smallest absolute Gasteiger partial charge is 0.319 e. The van der Waals surface area contributed by atoms with E-state index in [2.05, 4.69) is 9.97 Å². The van der Waals surface area contributed by atoms with E-state index in [9.17, 15) is 22.8 Å². The van der Waals surface area contributed by atoms with Crippen LogP contribution in [0.4, 0.5) is 13.2 Å². The molecule has 0 aliphatic rings. The number of aryl methyl sites for hydroxylation is 2. The van der Waals surface area contributed by atoms with Crippen LogP contribution >= 0.6 is 11.3 Å². The number of rotatable bonds is 3. The molecular weight excluding hydrogens is 407 g/mol. The number of hydrogen-bond donors (Lipinski definition) is 0. The van der Waals surface area contributed by atoms with E-state index in [4.69, 9.17) is 0 Å². The summed E-state index contributed by atoms with van der Waals surface area (Å²) in [7, 11) is 1.63. The van der Waals surface area contributed by atoms with Gasteiger partial charge in [0.2, 0.25) is 0 Å². The Morgan fingerprint density at radius 1 is 1.07 bits per heavy atom. The zero-order chi connectivity index (χ0) is 21.1. The van der Waals surface area contributed by atoms with E-state index in [0.29, 0.717) is 27.6 Å². The minimum absolute atomic E-state index is 0.218. The summed E-state index contributed by atoms with van der Waals surface area (Å²) in [5, 5.41) is 0.371. The van der Waals surface area contributed by atoms with Crippen LogP contribution < -0.4 is 11.2 Å². The second-order valence-electron chi connectivity index (χ2n) is 6.44. The summed E-state index contributed by atoms with van der Waals surface area (Å²) in [5.41, 5.74) is -0.770. The molecule has 0 aliphatic heterocycles. The Bertz CT molecular complexity index is 1380. The number of hydrogen-bond acceptors (Lipinski definition) is 5. The molecule has 0 saturated carbocycles. The van der Waals surface area contributed by atoms with Gasteiger partial charge in [0, 0.05) is 20.1 Å². The van der Waals surface area contributed by atoms with Crippen molar-refractivity contribution in [3.05, 3.63) is 44.6 Å². The lowest BCUT2D eigenvalue weighted by molar-refractivity contribution is -0.137. The molecule has 4 aromatic rings. The Hall–Kier alpha value is -2.95. The zero-order valence-electron chi connectivity index (χ0n) is 15.7. The maximum absolute atomic E-state index is 13.0. The molecule has 7 nitrogen and oxygen atoms in total. The van der Waals surface area contributed by atoms with Gasteiger partial charge in [-0.1, -0.05) is 0 Å². The van der Waals surface area contributed by atoms with E-state index in [1.807, 2.05) is 0 Å². The second kappa shape index (κ2) is 6.55. The molecule has 3 heterocycles. The lowest BCUT2D eigenvalue weighted by atomic mass is 10.2. The van der Waals surface area contributed by atoms with Gasteiger partial charge < -0.3 is 4.57 Å². The molecule has 0 saturated heterocycles. The summed E-state index contributed by atoms with van der Waals surface area (Å²) < 4.78 is 43.4. The predicted octanol–water partition coefficient (Wildman–Crippen LogP) is 3.23. The van der Waals surface area contributed by atoms with Gasteiger partial charge in [-0.3, -0.25) is 13.9 Å². The lowest BCUT2D eigenvalue weighted by Crippen LogP contribution is -2.39. The number of alkyl halides is 3. The van der Waals surface area contributed by atoms with Crippen LogP contribution in [0.2, 0.25) is 0 Å². The third-order valence-electron chi connectivity index (χ3n) is 4.78. The zero-order valence-corrected chi connectivity index (χ0v) is 16.6. The van der Waals surface area contributed by atoms with Gasteiger partial charge in [-0.15, -0.1) is 11.3 Å². The predicted molar refractivity (Wildman–Crippen MR) is 104 cm³/mol. The highest BCUT2D eigenvalue weighted by Gasteiger charge is 2.31. The van der Waals surface area contributed by atoms with Crippen molar-refractivity contribution in [3.8, 4) is 10.8 Å². The standard InChI is InChI=1S/C18H16F3N5O2S/c1-4-25-13-12(16(27)26(5-2)17(25)28)24(3)14(23-13)15-22-10-7-6-9(18(19,20)21)8-11(10)29-15/h6-8H,4-5H2,1-3H3. The van der Waals surface area contributed by atoms with Crippen LogP contribution in [0.25, 0.3) is 32.2 Å². The summed E-state index contributed by atoms with van der Waals surface area (Å²) >= 11 is 1.05. The highest BCUT2D eigenvalue weighted by molar-refractivity contribution is 7.21. The fraction of sp³-hybridized carbons (Fsp3) is 0.333. The van der Waals surface area contributed by atoms with Crippen molar-refractivity contribution < 1.29 is 13.2 Å². The summed E-state index contributed by atoms with van der Waals surface area (Å²) in [4.78, 5) is 34.2. The Balaban J connectivity index is 2.00. The van der Waals surface area contributed by atoms with Gasteiger partial charge in [-0.2, -0.15) is 13.2 Å². The van der Waals surface area contributed by atoms with Crippen LogP contribution in [-0.2, 0) is 26.3 Å². The van der Waals surface area contributed by atoms with Gasteiger partial charge in [0.25, 0.3) is 5.56 Å². The van der Waals surface area contributed by atoms with Crippen LogP contribution in [0.1, 0.15) is 19.4 Å². The quantitative estimate of drug-likeness (QED) is 0.507. The Morgan fingerprint density at radius 3 is 2.38 bits per heavy atom. The van der Waals surface area contributed by atoms with Crippen LogP contribution in [0.15, 0.2) is 27.8 Å². The van der Waals surface area contributed by atoms with Crippen molar-refractivity contribution in [2.24, 2.45) is 7.05 Å². The van der Waals surface area contributed by atoms with E-state index in [0.717, 1.165) is 28.0 Å². The molecule has 0 unspecified atom stereocenters. The van der Waals surface area contributed by atoms with E-state index in [1.54, 1.807) is 20.9 Å². The fourth-order valence-corrected chi connectivity index (χ4v) is 4.34. The molecule has 0 N–H and O–H groups in total. The maximum Gasteiger partial charge on any atom is 0.416 e. The average Bonchev–Trinajstić information content (AvgIpc) is 3.22. The molecule has 11 heteroatoms. The average molecular weight is 423 g/mol. The topological polar surface area (TPSA) is 74.7 Å². The number of benzene rings is 1. The van der Waals surface area contributed by atoms with E-state index in [1.165, 1.54) is 15.2 Å². The van der Waals surface area contributed by atoms with Crippen molar-refractivity contribution in [1.29, 1.82) is 0 Å². The first kappa shape index (κ1) is 19.4. The van der Waals surface area contributed by atoms with Gasteiger partial charge in [-0.25, -0.2) is 14.8 Å². The summed E-state index contributed by atoms with van der Waals surface area (Å²) in [6.07, 6.45) is -4.45. The van der Waals surface area contributed by atoms with Gasteiger partial charge >= 0.3 is 11.9 Å². The number of nitrogens with zero attached hydrogens (tertiary/aromatic N) is 5. The molecule has 0 amide bonds. The number of imidazole rings is 1. The normalized spacial score (nSPS) is 12.3. The molecular formula is C18H16F3N5O2S. The van der Waals surface area contributed by atoms with Gasteiger partial charge in [0.15, 0.2) is 22.0 Å². The molecule has 0 fully saturated rings. The monoisotopic (exact) mass is 423 g/mol. The van der Waals surface area contributed by atoms with Crippen molar-refractivity contribution in [1.82, 2.24) is 23.7 Å². The molecule has 152 valence electrons. The van der Waals surface area contributed by atoms with Crippen molar-refractivity contribution in [3.63, 3.8) is 0 Å². The molecule has 0 aliphatic carbocycles. The van der Waals surface area contributed by atoms with Gasteiger partial charge in [-0.05, 0) is 32.0 Å². The third kappa shape index (κ3) is 2.87. The van der Waals surface area contributed by atoms with Gasteiger partial charge in [0.1, 0.15) is 0 Å². The summed E-state index contributed by atoms with van der Waals surface area (Å²) in [6, 6.07) is 3.34. The molecule has 0 radical (unpaired) electrons. The van der Waals surface area contributed by atoms with E-state index < -0.39 is 23.0 Å².